The van der Waals surface area contributed by atoms with Crippen LogP contribution in [0.3, 0.4) is 0 Å². The van der Waals surface area contributed by atoms with Crippen LogP contribution in [-0.2, 0) is 11.2 Å². The molecule has 5 nitrogen and oxygen atoms in total. The van der Waals surface area contributed by atoms with E-state index in [2.05, 4.69) is 5.10 Å². The Balaban J connectivity index is 1.92. The van der Waals surface area contributed by atoms with Gasteiger partial charge >= 0.3 is 6.18 Å². The Morgan fingerprint density at radius 2 is 1.93 bits per heavy atom. The number of rotatable bonds is 4. The molecule has 1 aliphatic heterocycles. The third-order valence-corrected chi connectivity index (χ3v) is 4.54. The lowest BCUT2D eigenvalue weighted by Gasteiger charge is -2.32. The second-order valence-electron chi connectivity index (χ2n) is 6.64. The average molecular weight is 392 g/mol. The number of carbonyl (C=O) groups excluding carboxylic acids is 1. The van der Waals surface area contributed by atoms with Gasteiger partial charge in [-0.25, -0.2) is 0 Å². The van der Waals surface area contributed by atoms with Crippen molar-refractivity contribution in [2.45, 2.75) is 31.7 Å². The molecule has 28 heavy (non-hydrogen) atoms. The summed E-state index contributed by atoms with van der Waals surface area (Å²) < 4.78 is 45.9. The lowest BCUT2D eigenvalue weighted by atomic mass is 9.99. The Bertz CT molecular complexity index is 910. The number of aryl methyl sites for hydroxylation is 1. The molecule has 1 unspecified atom stereocenters. The largest absolute Gasteiger partial charge is 0.497 e. The summed E-state index contributed by atoms with van der Waals surface area (Å²) in [4.78, 5) is 12.6. The summed E-state index contributed by atoms with van der Waals surface area (Å²) in [6.45, 7) is 1.79. The highest BCUT2D eigenvalue weighted by Crippen LogP contribution is 2.41. The van der Waals surface area contributed by atoms with Gasteiger partial charge in [0.2, 0.25) is 5.91 Å². The number of hydrogen-bond donors (Lipinski definition) is 1. The van der Waals surface area contributed by atoms with E-state index in [9.17, 15) is 23.1 Å². The minimum atomic E-state index is -5.06. The van der Waals surface area contributed by atoms with Crippen LogP contribution in [0, 0.1) is 6.92 Å². The van der Waals surface area contributed by atoms with E-state index in [1.54, 1.807) is 55.5 Å². The predicted molar refractivity (Wildman–Crippen MR) is 96.9 cm³/mol. The van der Waals surface area contributed by atoms with Crippen molar-refractivity contribution in [2.75, 3.05) is 7.11 Å². The van der Waals surface area contributed by atoms with Crippen molar-refractivity contribution in [3.05, 3.63) is 65.2 Å². The molecule has 2 aromatic carbocycles. The van der Waals surface area contributed by atoms with Gasteiger partial charge in [0.05, 0.1) is 25.7 Å². The molecule has 1 amide bonds. The van der Waals surface area contributed by atoms with Gasteiger partial charge in [-0.3, -0.25) is 4.79 Å². The average Bonchev–Trinajstić information content (AvgIpc) is 3.01. The summed E-state index contributed by atoms with van der Waals surface area (Å²) in [5.74, 6) is -0.392. The maximum atomic E-state index is 13.6. The summed E-state index contributed by atoms with van der Waals surface area (Å²) in [7, 11) is 1.48. The third kappa shape index (κ3) is 3.73. The fourth-order valence-electron chi connectivity index (χ4n) is 3.01. The Hall–Kier alpha value is -2.87. The van der Waals surface area contributed by atoms with E-state index in [0.29, 0.717) is 16.9 Å². The van der Waals surface area contributed by atoms with E-state index in [4.69, 9.17) is 4.74 Å². The fraction of sp³-hybridized carbons (Fsp3) is 0.300. The molecular formula is C20H19F3N2O3. The minimum absolute atomic E-state index is 0.00612. The molecule has 0 fully saturated rings. The second-order valence-corrected chi connectivity index (χ2v) is 6.64. The Morgan fingerprint density at radius 1 is 1.25 bits per heavy atom. The van der Waals surface area contributed by atoms with Gasteiger partial charge in [-0.1, -0.05) is 42.0 Å². The monoisotopic (exact) mass is 392 g/mol. The molecule has 0 saturated heterocycles. The summed E-state index contributed by atoms with van der Waals surface area (Å²) in [5.41, 5.74) is -1.63. The molecule has 2 aromatic rings. The van der Waals surface area contributed by atoms with Crippen LogP contribution >= 0.6 is 0 Å². The summed E-state index contributed by atoms with van der Waals surface area (Å²) in [5, 5.41) is 14.4. The van der Waals surface area contributed by atoms with Crippen LogP contribution in [0.1, 0.15) is 23.1 Å². The van der Waals surface area contributed by atoms with Gasteiger partial charge in [0, 0.05) is 0 Å². The number of aliphatic hydroxyl groups is 1. The van der Waals surface area contributed by atoms with Crippen LogP contribution in [0.2, 0.25) is 0 Å². The number of nitrogens with zero attached hydrogens (tertiary/aromatic N) is 2. The molecule has 148 valence electrons. The van der Waals surface area contributed by atoms with Crippen molar-refractivity contribution in [2.24, 2.45) is 5.10 Å². The highest BCUT2D eigenvalue weighted by molar-refractivity contribution is 6.03. The molecule has 0 bridgehead atoms. The molecule has 1 heterocycles. The lowest BCUT2D eigenvalue weighted by Crippen LogP contribution is -2.57. The Kier molecular flexibility index (Phi) is 5.16. The van der Waals surface area contributed by atoms with Gasteiger partial charge in [0.25, 0.3) is 5.72 Å². The van der Waals surface area contributed by atoms with Gasteiger partial charge < -0.3 is 9.84 Å². The highest BCUT2D eigenvalue weighted by Gasteiger charge is 2.63. The molecule has 0 aromatic heterocycles. The topological polar surface area (TPSA) is 62.1 Å². The quantitative estimate of drug-likeness (QED) is 0.867. The van der Waals surface area contributed by atoms with Crippen molar-refractivity contribution in [1.82, 2.24) is 5.01 Å². The molecule has 1 atom stereocenters. The van der Waals surface area contributed by atoms with Crippen molar-refractivity contribution in [3.63, 3.8) is 0 Å². The molecule has 3 rings (SSSR count). The maximum Gasteiger partial charge on any atom is 0.438 e. The minimum Gasteiger partial charge on any atom is -0.497 e. The molecule has 1 N–H and O–H groups in total. The zero-order chi connectivity index (χ0) is 20.5. The van der Waals surface area contributed by atoms with Crippen LogP contribution in [0.4, 0.5) is 13.2 Å². The zero-order valence-electron chi connectivity index (χ0n) is 15.3. The van der Waals surface area contributed by atoms with Crippen LogP contribution in [0.5, 0.6) is 5.75 Å². The van der Waals surface area contributed by atoms with Crippen molar-refractivity contribution >= 4 is 11.6 Å². The van der Waals surface area contributed by atoms with E-state index in [1.807, 2.05) is 0 Å². The molecule has 0 spiro atoms. The first-order valence-corrected chi connectivity index (χ1v) is 8.53. The molecule has 0 radical (unpaired) electrons. The van der Waals surface area contributed by atoms with Crippen LogP contribution in [0.25, 0.3) is 0 Å². The SMILES string of the molecule is COc1ccc(CC(=O)N2N=C(c3cccc(C)c3)CC2(O)C(F)(F)F)cc1. The van der Waals surface area contributed by atoms with E-state index in [1.165, 1.54) is 7.11 Å². The predicted octanol–water partition coefficient (Wildman–Crippen LogP) is 3.43. The number of amides is 1. The molecule has 0 saturated carbocycles. The second kappa shape index (κ2) is 7.27. The van der Waals surface area contributed by atoms with Gasteiger partial charge in [0.15, 0.2) is 0 Å². The van der Waals surface area contributed by atoms with Gasteiger partial charge in [-0.15, -0.1) is 0 Å². The Labute approximate surface area is 160 Å². The van der Waals surface area contributed by atoms with Crippen molar-refractivity contribution < 1.29 is 27.8 Å². The van der Waals surface area contributed by atoms with E-state index < -0.39 is 24.2 Å². The molecular weight excluding hydrogens is 373 g/mol. The number of hydrazone groups is 1. The molecule has 8 heteroatoms. The standard InChI is InChI=1S/C20H19F3N2O3/c1-13-4-3-5-15(10-13)17-12-19(27,20(21,22)23)25(24-17)18(26)11-14-6-8-16(28-2)9-7-14/h3-10,27H,11-12H2,1-2H3. The summed E-state index contributed by atoms with van der Waals surface area (Å²) in [6.07, 6.45) is -6.22. The van der Waals surface area contributed by atoms with Crippen LogP contribution in [-0.4, -0.2) is 40.7 Å². The van der Waals surface area contributed by atoms with Crippen LogP contribution < -0.4 is 4.74 Å². The summed E-state index contributed by atoms with van der Waals surface area (Å²) >= 11 is 0. The highest BCUT2D eigenvalue weighted by atomic mass is 19.4. The van der Waals surface area contributed by atoms with Crippen molar-refractivity contribution in [3.8, 4) is 5.75 Å². The number of halogens is 3. The first-order chi connectivity index (χ1) is 13.1. The van der Waals surface area contributed by atoms with Gasteiger partial charge in [-0.05, 0) is 30.2 Å². The lowest BCUT2D eigenvalue weighted by molar-refractivity contribution is -0.302. The fourth-order valence-corrected chi connectivity index (χ4v) is 3.01. The number of ether oxygens (including phenoxy) is 1. The number of hydrogen-bond acceptors (Lipinski definition) is 4. The van der Waals surface area contributed by atoms with E-state index in [-0.39, 0.29) is 17.1 Å². The van der Waals surface area contributed by atoms with Crippen LogP contribution in [0.15, 0.2) is 53.6 Å². The first kappa shape index (κ1) is 19.9. The Morgan fingerprint density at radius 3 is 2.50 bits per heavy atom. The summed E-state index contributed by atoms with van der Waals surface area (Å²) in [6, 6.07) is 13.1. The number of methoxy groups -OCH3 is 1. The third-order valence-electron chi connectivity index (χ3n) is 4.54. The number of alkyl halides is 3. The number of carbonyl (C=O) groups is 1. The molecule has 1 aliphatic rings. The zero-order valence-corrected chi connectivity index (χ0v) is 15.3. The van der Waals surface area contributed by atoms with Crippen molar-refractivity contribution in [1.29, 1.82) is 0 Å². The van der Waals surface area contributed by atoms with Gasteiger partial charge in [-0.2, -0.15) is 23.3 Å². The maximum absolute atomic E-state index is 13.6. The molecule has 0 aliphatic carbocycles. The van der Waals surface area contributed by atoms with Gasteiger partial charge in [0.1, 0.15) is 5.75 Å². The normalized spacial score (nSPS) is 19.5. The smallest absolute Gasteiger partial charge is 0.438 e. The number of benzene rings is 2. The first-order valence-electron chi connectivity index (χ1n) is 8.53. The van der Waals surface area contributed by atoms with E-state index >= 15 is 0 Å². The van der Waals surface area contributed by atoms with E-state index in [0.717, 1.165) is 5.56 Å².